The molecule has 2 aromatic rings. The molecule has 0 aromatic carbocycles. The van der Waals surface area contributed by atoms with Gasteiger partial charge in [-0.2, -0.15) is 0 Å². The van der Waals surface area contributed by atoms with Gasteiger partial charge in [0.25, 0.3) is 0 Å². The summed E-state index contributed by atoms with van der Waals surface area (Å²) in [5, 5.41) is 0. The van der Waals surface area contributed by atoms with Crippen LogP contribution in [-0.4, -0.2) is 54.2 Å². The van der Waals surface area contributed by atoms with E-state index < -0.39 is 0 Å². The molecule has 0 saturated carbocycles. The first-order valence-electron chi connectivity index (χ1n) is 9.29. The van der Waals surface area contributed by atoms with Gasteiger partial charge in [0.1, 0.15) is 23.8 Å². The fraction of sp³-hybridized carbons (Fsp3) is 0.526. The molecule has 1 aliphatic heterocycles. The van der Waals surface area contributed by atoms with E-state index in [1.54, 1.807) is 6.33 Å². The molecule has 0 aliphatic carbocycles. The summed E-state index contributed by atoms with van der Waals surface area (Å²) < 4.78 is 0. The summed E-state index contributed by atoms with van der Waals surface area (Å²) in [4.78, 5) is 20.5. The predicted octanol–water partition coefficient (Wildman–Crippen LogP) is 2.82. The Morgan fingerprint density at radius 3 is 2.16 bits per heavy atom. The first-order chi connectivity index (χ1) is 12.3. The maximum Gasteiger partial charge on any atom is 0.134 e. The Morgan fingerprint density at radius 1 is 0.880 bits per heavy atom. The molecule has 6 nitrogen and oxygen atoms in total. The highest BCUT2D eigenvalue weighted by atomic mass is 15.3. The van der Waals surface area contributed by atoms with Crippen molar-refractivity contribution < 1.29 is 0 Å². The Labute approximate surface area is 150 Å². The van der Waals surface area contributed by atoms with Crippen LogP contribution in [0.5, 0.6) is 0 Å². The third-order valence-corrected chi connectivity index (χ3v) is 4.53. The molecule has 1 fully saturated rings. The van der Waals surface area contributed by atoms with Gasteiger partial charge in [0.15, 0.2) is 0 Å². The van der Waals surface area contributed by atoms with Crippen LogP contribution in [-0.2, 0) is 0 Å². The molecule has 6 heteroatoms. The largest absolute Gasteiger partial charge is 0.356 e. The van der Waals surface area contributed by atoms with Crippen molar-refractivity contribution in [3.8, 4) is 0 Å². The monoisotopic (exact) mass is 340 g/mol. The fourth-order valence-electron chi connectivity index (χ4n) is 3.27. The summed E-state index contributed by atoms with van der Waals surface area (Å²) in [5.74, 6) is 3.13. The van der Waals surface area contributed by atoms with Gasteiger partial charge < -0.3 is 14.7 Å². The van der Waals surface area contributed by atoms with E-state index >= 15 is 0 Å². The Balaban J connectivity index is 1.66. The van der Waals surface area contributed by atoms with Crippen molar-refractivity contribution in [1.82, 2.24) is 15.0 Å². The van der Waals surface area contributed by atoms with Crippen LogP contribution in [0.15, 0.2) is 36.8 Å². The molecule has 3 rings (SSSR count). The van der Waals surface area contributed by atoms with Crippen LogP contribution in [0.3, 0.4) is 0 Å². The van der Waals surface area contributed by atoms with Gasteiger partial charge >= 0.3 is 0 Å². The van der Waals surface area contributed by atoms with E-state index in [1.165, 1.54) is 0 Å². The molecule has 0 bridgehead atoms. The van der Waals surface area contributed by atoms with Gasteiger partial charge in [-0.3, -0.25) is 0 Å². The number of hydrogen-bond donors (Lipinski definition) is 0. The van der Waals surface area contributed by atoms with E-state index in [0.29, 0.717) is 0 Å². The second kappa shape index (κ2) is 8.65. The minimum Gasteiger partial charge on any atom is -0.356 e. The molecule has 2 aromatic heterocycles. The van der Waals surface area contributed by atoms with E-state index in [2.05, 4.69) is 55.6 Å². The van der Waals surface area contributed by atoms with Gasteiger partial charge in [-0.1, -0.05) is 19.9 Å². The lowest BCUT2D eigenvalue weighted by Gasteiger charge is -2.36. The molecule has 0 amide bonds. The third kappa shape index (κ3) is 4.38. The summed E-state index contributed by atoms with van der Waals surface area (Å²) >= 11 is 0. The van der Waals surface area contributed by atoms with E-state index in [9.17, 15) is 0 Å². The molecule has 1 aliphatic rings. The quantitative estimate of drug-likeness (QED) is 0.772. The van der Waals surface area contributed by atoms with E-state index in [0.717, 1.165) is 69.6 Å². The number of aromatic nitrogens is 3. The smallest absolute Gasteiger partial charge is 0.134 e. The van der Waals surface area contributed by atoms with Gasteiger partial charge in [0.2, 0.25) is 0 Å². The Hall–Kier alpha value is -2.37. The Morgan fingerprint density at radius 2 is 1.56 bits per heavy atom. The van der Waals surface area contributed by atoms with Gasteiger partial charge in [0.05, 0.1) is 0 Å². The number of rotatable bonds is 7. The van der Waals surface area contributed by atoms with Gasteiger partial charge in [-0.15, -0.1) is 0 Å². The molecule has 134 valence electrons. The molecule has 0 unspecified atom stereocenters. The lowest BCUT2D eigenvalue weighted by atomic mass is 10.3. The molecule has 0 atom stereocenters. The average Bonchev–Trinajstić information content (AvgIpc) is 2.69. The SMILES string of the molecule is CCCN(CCC)c1cc(N2CCN(c3ccccn3)CC2)ncn1. The number of pyridine rings is 1. The summed E-state index contributed by atoms with van der Waals surface area (Å²) in [6.07, 6.45) is 5.81. The van der Waals surface area contributed by atoms with Crippen LogP contribution < -0.4 is 14.7 Å². The Bertz CT molecular complexity index is 633. The first kappa shape index (κ1) is 17.5. The van der Waals surface area contributed by atoms with Crippen LogP contribution in [0.1, 0.15) is 26.7 Å². The molecule has 25 heavy (non-hydrogen) atoms. The zero-order valence-corrected chi connectivity index (χ0v) is 15.3. The maximum absolute atomic E-state index is 4.52. The van der Waals surface area contributed by atoms with E-state index in [1.807, 2.05) is 18.3 Å². The van der Waals surface area contributed by atoms with Gasteiger partial charge in [0, 0.05) is 51.5 Å². The lowest BCUT2D eigenvalue weighted by Crippen LogP contribution is -2.47. The van der Waals surface area contributed by atoms with Crippen molar-refractivity contribution in [2.24, 2.45) is 0 Å². The molecule has 1 saturated heterocycles. The van der Waals surface area contributed by atoms with Crippen molar-refractivity contribution in [2.75, 3.05) is 54.0 Å². The standard InChI is InChI=1S/C19H28N6/c1-3-9-23(10-4-2)18-15-19(22-16-21-18)25-13-11-24(12-14-25)17-7-5-6-8-20-17/h5-8,15-16H,3-4,9-14H2,1-2H3. The molecule has 0 radical (unpaired) electrons. The highest BCUT2D eigenvalue weighted by Gasteiger charge is 2.20. The van der Waals surface area contributed by atoms with Crippen molar-refractivity contribution >= 4 is 17.5 Å². The lowest BCUT2D eigenvalue weighted by molar-refractivity contribution is 0.640. The number of piperazine rings is 1. The van der Waals surface area contributed by atoms with Crippen molar-refractivity contribution in [3.05, 3.63) is 36.8 Å². The van der Waals surface area contributed by atoms with E-state index in [-0.39, 0.29) is 0 Å². The van der Waals surface area contributed by atoms with Crippen LogP contribution in [0.2, 0.25) is 0 Å². The summed E-state index contributed by atoms with van der Waals surface area (Å²) in [6, 6.07) is 8.22. The van der Waals surface area contributed by atoms with Gasteiger partial charge in [-0.05, 0) is 25.0 Å². The summed E-state index contributed by atoms with van der Waals surface area (Å²) in [6.45, 7) is 10.3. The molecule has 3 heterocycles. The van der Waals surface area contributed by atoms with Gasteiger partial charge in [-0.25, -0.2) is 15.0 Å². The first-order valence-corrected chi connectivity index (χ1v) is 9.29. The highest BCUT2D eigenvalue weighted by molar-refractivity contribution is 5.51. The van der Waals surface area contributed by atoms with Crippen molar-refractivity contribution in [2.45, 2.75) is 26.7 Å². The maximum atomic E-state index is 4.52. The molecule has 0 N–H and O–H groups in total. The van der Waals surface area contributed by atoms with Crippen LogP contribution >= 0.6 is 0 Å². The zero-order valence-electron chi connectivity index (χ0n) is 15.3. The van der Waals surface area contributed by atoms with Crippen molar-refractivity contribution in [3.63, 3.8) is 0 Å². The second-order valence-electron chi connectivity index (χ2n) is 6.38. The van der Waals surface area contributed by atoms with E-state index in [4.69, 9.17) is 0 Å². The van der Waals surface area contributed by atoms with Crippen LogP contribution in [0.4, 0.5) is 17.5 Å². The topological polar surface area (TPSA) is 48.4 Å². The molecule has 0 spiro atoms. The molecular weight excluding hydrogens is 312 g/mol. The predicted molar refractivity (Wildman–Crippen MR) is 103 cm³/mol. The number of hydrogen-bond acceptors (Lipinski definition) is 6. The zero-order chi connectivity index (χ0) is 17.5. The number of nitrogens with zero attached hydrogens (tertiary/aromatic N) is 6. The molecular formula is C19H28N6. The minimum atomic E-state index is 0.953. The minimum absolute atomic E-state index is 0.953. The summed E-state index contributed by atoms with van der Waals surface area (Å²) in [5.41, 5.74) is 0. The highest BCUT2D eigenvalue weighted by Crippen LogP contribution is 2.21. The van der Waals surface area contributed by atoms with Crippen LogP contribution in [0, 0.1) is 0 Å². The fourth-order valence-corrected chi connectivity index (χ4v) is 3.27. The van der Waals surface area contributed by atoms with Crippen LogP contribution in [0.25, 0.3) is 0 Å². The van der Waals surface area contributed by atoms with Crippen molar-refractivity contribution in [1.29, 1.82) is 0 Å². The number of anilines is 3. The average molecular weight is 340 g/mol. The summed E-state index contributed by atoms with van der Waals surface area (Å²) in [7, 11) is 0. The Kier molecular flexibility index (Phi) is 6.04. The second-order valence-corrected chi connectivity index (χ2v) is 6.38. The normalized spacial score (nSPS) is 14.6. The third-order valence-electron chi connectivity index (χ3n) is 4.53.